The summed E-state index contributed by atoms with van der Waals surface area (Å²) in [4.78, 5) is 23.6. The van der Waals surface area contributed by atoms with Crippen molar-refractivity contribution < 1.29 is 24.2 Å². The van der Waals surface area contributed by atoms with Gasteiger partial charge in [0, 0.05) is 25.7 Å². The molecule has 1 heterocycles. The molecule has 8 heteroatoms. The standard InChI is InChI=1S/C16H19N3O5/c1-23-8-7-13(16(21)22)18-15(20)12-9-17-19-14(12)10-3-5-11(24-2)6-4-10/h3-6,9,13H,7-8H2,1-2H3,(H,17,19)(H,18,20)(H,21,22). The van der Waals surface area contributed by atoms with Crippen molar-refractivity contribution in [2.45, 2.75) is 12.5 Å². The summed E-state index contributed by atoms with van der Waals surface area (Å²) < 4.78 is 9.96. The molecule has 0 bridgehead atoms. The number of hydrogen-bond donors (Lipinski definition) is 3. The van der Waals surface area contributed by atoms with Gasteiger partial charge in [-0.1, -0.05) is 0 Å². The van der Waals surface area contributed by atoms with Crippen LogP contribution in [0, 0.1) is 0 Å². The first-order valence-corrected chi connectivity index (χ1v) is 7.27. The average molecular weight is 333 g/mol. The highest BCUT2D eigenvalue weighted by Gasteiger charge is 2.23. The van der Waals surface area contributed by atoms with Crippen LogP contribution in [0.15, 0.2) is 30.5 Å². The number of ether oxygens (including phenoxy) is 2. The molecule has 0 radical (unpaired) electrons. The van der Waals surface area contributed by atoms with Crippen LogP contribution in [0.25, 0.3) is 11.3 Å². The van der Waals surface area contributed by atoms with Gasteiger partial charge in [-0.15, -0.1) is 0 Å². The number of carbonyl (C=O) groups excluding carboxylic acids is 1. The second kappa shape index (κ2) is 8.11. The number of aromatic amines is 1. The molecule has 0 aliphatic heterocycles. The van der Waals surface area contributed by atoms with E-state index in [9.17, 15) is 14.7 Å². The van der Waals surface area contributed by atoms with E-state index in [1.54, 1.807) is 31.4 Å². The molecule has 2 rings (SSSR count). The smallest absolute Gasteiger partial charge is 0.326 e. The summed E-state index contributed by atoms with van der Waals surface area (Å²) in [6.45, 7) is 0.230. The van der Waals surface area contributed by atoms with E-state index in [4.69, 9.17) is 9.47 Å². The maximum absolute atomic E-state index is 12.4. The lowest BCUT2D eigenvalue weighted by molar-refractivity contribution is -0.139. The van der Waals surface area contributed by atoms with Crippen molar-refractivity contribution >= 4 is 11.9 Å². The first-order chi connectivity index (χ1) is 11.6. The summed E-state index contributed by atoms with van der Waals surface area (Å²) in [5.74, 6) is -0.942. The summed E-state index contributed by atoms with van der Waals surface area (Å²) >= 11 is 0. The Morgan fingerprint density at radius 2 is 2.00 bits per heavy atom. The van der Waals surface area contributed by atoms with E-state index in [1.807, 2.05) is 0 Å². The van der Waals surface area contributed by atoms with E-state index >= 15 is 0 Å². The third-order valence-electron chi connectivity index (χ3n) is 3.48. The number of aliphatic carboxylic acids is 1. The fraction of sp³-hybridized carbons (Fsp3) is 0.312. The number of rotatable bonds is 8. The van der Waals surface area contributed by atoms with Gasteiger partial charge in [0.25, 0.3) is 5.91 Å². The third-order valence-corrected chi connectivity index (χ3v) is 3.48. The number of H-pyrrole nitrogens is 1. The van der Waals surface area contributed by atoms with Crippen molar-refractivity contribution in [1.82, 2.24) is 15.5 Å². The van der Waals surface area contributed by atoms with Crippen LogP contribution in [-0.2, 0) is 9.53 Å². The second-order valence-corrected chi connectivity index (χ2v) is 5.03. The SMILES string of the molecule is COCCC(NC(=O)c1cn[nH]c1-c1ccc(OC)cc1)C(=O)O. The highest BCUT2D eigenvalue weighted by Crippen LogP contribution is 2.23. The van der Waals surface area contributed by atoms with Gasteiger partial charge in [0.1, 0.15) is 11.8 Å². The normalized spacial score (nSPS) is 11.8. The number of benzene rings is 1. The first-order valence-electron chi connectivity index (χ1n) is 7.27. The molecule has 3 N–H and O–H groups in total. The van der Waals surface area contributed by atoms with Gasteiger partial charge in [-0.05, 0) is 24.3 Å². The molecule has 0 aliphatic carbocycles. The molecule has 24 heavy (non-hydrogen) atoms. The van der Waals surface area contributed by atoms with Crippen molar-refractivity contribution in [3.05, 3.63) is 36.0 Å². The maximum Gasteiger partial charge on any atom is 0.326 e. The molecule has 1 atom stereocenters. The second-order valence-electron chi connectivity index (χ2n) is 5.03. The van der Waals surface area contributed by atoms with Crippen LogP contribution in [0.3, 0.4) is 0 Å². The molecule has 0 aliphatic rings. The lowest BCUT2D eigenvalue weighted by Gasteiger charge is -2.14. The van der Waals surface area contributed by atoms with Crippen LogP contribution >= 0.6 is 0 Å². The van der Waals surface area contributed by atoms with Gasteiger partial charge in [0.05, 0.1) is 24.6 Å². The third kappa shape index (κ3) is 4.11. The molecule has 128 valence electrons. The zero-order valence-corrected chi connectivity index (χ0v) is 13.4. The zero-order valence-electron chi connectivity index (χ0n) is 13.4. The largest absolute Gasteiger partial charge is 0.497 e. The lowest BCUT2D eigenvalue weighted by Crippen LogP contribution is -2.41. The van der Waals surface area contributed by atoms with E-state index < -0.39 is 17.9 Å². The van der Waals surface area contributed by atoms with E-state index in [1.165, 1.54) is 13.3 Å². The molecular formula is C16H19N3O5. The predicted octanol–water partition coefficient (Wildman–Crippen LogP) is 1.30. The van der Waals surface area contributed by atoms with Crippen molar-refractivity contribution in [2.24, 2.45) is 0 Å². The number of nitrogens with zero attached hydrogens (tertiary/aromatic N) is 1. The lowest BCUT2D eigenvalue weighted by atomic mass is 10.1. The molecule has 1 unspecified atom stereocenters. The van der Waals surface area contributed by atoms with Crippen molar-refractivity contribution in [2.75, 3.05) is 20.8 Å². The molecular weight excluding hydrogens is 314 g/mol. The molecule has 0 spiro atoms. The summed E-state index contributed by atoms with van der Waals surface area (Å²) in [5, 5.41) is 18.3. The van der Waals surface area contributed by atoms with Crippen LogP contribution in [0.4, 0.5) is 0 Å². The Hall–Kier alpha value is -2.87. The average Bonchev–Trinajstić information content (AvgIpc) is 3.08. The number of nitrogens with one attached hydrogen (secondary N) is 2. The van der Waals surface area contributed by atoms with Crippen molar-refractivity contribution in [3.63, 3.8) is 0 Å². The topological polar surface area (TPSA) is 114 Å². The Kier molecular flexibility index (Phi) is 5.91. The minimum absolute atomic E-state index is 0.174. The molecule has 8 nitrogen and oxygen atoms in total. The molecule has 0 fully saturated rings. The van der Waals surface area contributed by atoms with Gasteiger partial charge in [-0.3, -0.25) is 9.89 Å². The summed E-state index contributed by atoms with van der Waals surface area (Å²) in [6, 6.07) is 6.05. The summed E-state index contributed by atoms with van der Waals surface area (Å²) in [5.41, 5.74) is 1.51. The van der Waals surface area contributed by atoms with E-state index in [0.717, 1.165) is 5.56 Å². The van der Waals surface area contributed by atoms with Gasteiger partial charge in [-0.2, -0.15) is 5.10 Å². The Labute approximate surface area is 138 Å². The van der Waals surface area contributed by atoms with Crippen molar-refractivity contribution in [1.29, 1.82) is 0 Å². The molecule has 1 aromatic carbocycles. The quantitative estimate of drug-likeness (QED) is 0.671. The Balaban J connectivity index is 2.18. The van der Waals surface area contributed by atoms with E-state index in [0.29, 0.717) is 11.4 Å². The minimum atomic E-state index is -1.12. The van der Waals surface area contributed by atoms with Crippen LogP contribution in [-0.4, -0.2) is 54.0 Å². The predicted molar refractivity (Wildman–Crippen MR) is 86.0 cm³/mol. The van der Waals surface area contributed by atoms with Gasteiger partial charge in [0.15, 0.2) is 0 Å². The van der Waals surface area contributed by atoms with Gasteiger partial charge in [0.2, 0.25) is 0 Å². The first kappa shape index (κ1) is 17.5. The summed E-state index contributed by atoms with van der Waals surface area (Å²) in [6.07, 6.45) is 1.54. The van der Waals surface area contributed by atoms with Crippen LogP contribution in [0.1, 0.15) is 16.8 Å². The van der Waals surface area contributed by atoms with Gasteiger partial charge >= 0.3 is 5.97 Å². The monoisotopic (exact) mass is 333 g/mol. The molecule has 2 aromatic rings. The Bertz CT molecular complexity index is 696. The van der Waals surface area contributed by atoms with Gasteiger partial charge in [-0.25, -0.2) is 4.79 Å². The number of hydrogen-bond acceptors (Lipinski definition) is 5. The number of aromatic nitrogens is 2. The Morgan fingerprint density at radius 3 is 2.58 bits per heavy atom. The molecule has 1 amide bonds. The maximum atomic E-state index is 12.4. The van der Waals surface area contributed by atoms with Crippen molar-refractivity contribution in [3.8, 4) is 17.0 Å². The zero-order chi connectivity index (χ0) is 17.5. The molecule has 1 aromatic heterocycles. The van der Waals surface area contributed by atoms with Crippen LogP contribution in [0.5, 0.6) is 5.75 Å². The van der Waals surface area contributed by atoms with Crippen LogP contribution in [0.2, 0.25) is 0 Å². The van der Waals surface area contributed by atoms with Gasteiger partial charge < -0.3 is 19.9 Å². The van der Waals surface area contributed by atoms with Crippen LogP contribution < -0.4 is 10.1 Å². The highest BCUT2D eigenvalue weighted by molar-refractivity contribution is 6.01. The minimum Gasteiger partial charge on any atom is -0.497 e. The fourth-order valence-corrected chi connectivity index (χ4v) is 2.17. The van der Waals surface area contributed by atoms with E-state index in [-0.39, 0.29) is 18.6 Å². The number of carboxylic acid groups (broad SMARTS) is 1. The number of amides is 1. The Morgan fingerprint density at radius 1 is 1.29 bits per heavy atom. The fourth-order valence-electron chi connectivity index (χ4n) is 2.17. The molecule has 0 saturated heterocycles. The number of methoxy groups -OCH3 is 2. The highest BCUT2D eigenvalue weighted by atomic mass is 16.5. The molecule has 0 saturated carbocycles. The summed E-state index contributed by atoms with van der Waals surface area (Å²) in [7, 11) is 3.04. The number of carbonyl (C=O) groups is 2. The van der Waals surface area contributed by atoms with E-state index in [2.05, 4.69) is 15.5 Å². The number of carboxylic acids is 1.